The lowest BCUT2D eigenvalue weighted by molar-refractivity contribution is -0.137. The molecule has 2 aromatic heterocycles. The van der Waals surface area contributed by atoms with Gasteiger partial charge in [-0.1, -0.05) is 6.07 Å². The minimum absolute atomic E-state index is 0.0892. The highest BCUT2D eigenvalue weighted by molar-refractivity contribution is 7.81. The number of aromatic nitrogens is 2. The number of hydrogen-bond acceptors (Lipinski definition) is 6. The van der Waals surface area contributed by atoms with Crippen LogP contribution in [0.15, 0.2) is 60.9 Å². The van der Waals surface area contributed by atoms with Crippen molar-refractivity contribution in [3.8, 4) is 17.7 Å². The van der Waals surface area contributed by atoms with Crippen molar-refractivity contribution in [1.29, 1.82) is 5.26 Å². The zero-order valence-electron chi connectivity index (χ0n) is 18.0. The first-order chi connectivity index (χ1) is 16.8. The Labute approximate surface area is 203 Å². The monoisotopic (exact) mass is 495 g/mol. The van der Waals surface area contributed by atoms with Crippen LogP contribution >= 0.6 is 12.2 Å². The Kier molecular flexibility index (Phi) is 5.40. The van der Waals surface area contributed by atoms with Crippen LogP contribution in [0.3, 0.4) is 0 Å². The molecule has 1 aromatic carbocycles. The lowest BCUT2D eigenvalue weighted by Crippen LogP contribution is -2.55. The molecule has 5 rings (SSSR count). The highest BCUT2D eigenvalue weighted by atomic mass is 32.1. The summed E-state index contributed by atoms with van der Waals surface area (Å²) in [5, 5.41) is 9.14. The zero-order chi connectivity index (χ0) is 24.8. The van der Waals surface area contributed by atoms with Gasteiger partial charge in [0.25, 0.3) is 5.91 Å². The quantitative estimate of drug-likeness (QED) is 0.459. The van der Waals surface area contributed by atoms with Crippen molar-refractivity contribution in [3.63, 3.8) is 0 Å². The van der Waals surface area contributed by atoms with Crippen molar-refractivity contribution in [1.82, 2.24) is 9.97 Å². The van der Waals surface area contributed by atoms with E-state index in [9.17, 15) is 23.2 Å². The second kappa shape index (κ2) is 8.32. The molecule has 0 atom stereocenters. The van der Waals surface area contributed by atoms with Crippen molar-refractivity contribution in [2.45, 2.75) is 31.0 Å². The van der Waals surface area contributed by atoms with E-state index in [-0.39, 0.29) is 5.11 Å². The average Bonchev–Trinajstić information content (AvgIpc) is 3.05. The van der Waals surface area contributed by atoms with E-state index < -0.39 is 34.6 Å². The standard InChI is InChI=1S/C24H16F3N5O2S/c25-24(26,27)20-17(14-28)29-13-9-18(20)31-21(33)23(10-3-11-23)32(22(31)35)15-5-7-16(8-6-15)34-19-4-1-2-12-30-19/h1-2,4-9,12-13H,3,10-11H2. The Morgan fingerprint density at radius 1 is 1.06 bits per heavy atom. The van der Waals surface area contributed by atoms with E-state index in [0.717, 1.165) is 23.6 Å². The number of rotatable bonds is 4. The third-order valence-electron chi connectivity index (χ3n) is 6.11. The van der Waals surface area contributed by atoms with Crippen molar-refractivity contribution >= 4 is 34.6 Å². The molecule has 1 spiro atoms. The molecule has 11 heteroatoms. The summed E-state index contributed by atoms with van der Waals surface area (Å²) in [6.07, 6.45) is -0.642. The lowest BCUT2D eigenvalue weighted by Gasteiger charge is -2.43. The Morgan fingerprint density at radius 3 is 2.37 bits per heavy atom. The third kappa shape index (κ3) is 3.66. The van der Waals surface area contributed by atoms with Gasteiger partial charge < -0.3 is 9.64 Å². The molecule has 1 amide bonds. The topological polar surface area (TPSA) is 82.4 Å². The molecular weight excluding hydrogens is 479 g/mol. The number of anilines is 2. The Bertz CT molecular complexity index is 1350. The average molecular weight is 495 g/mol. The van der Waals surface area contributed by atoms with E-state index in [1.165, 1.54) is 6.07 Å². The first-order valence-electron chi connectivity index (χ1n) is 10.6. The second-order valence-electron chi connectivity index (χ2n) is 8.07. The molecule has 1 aliphatic heterocycles. The second-order valence-corrected chi connectivity index (χ2v) is 8.44. The van der Waals surface area contributed by atoms with Gasteiger partial charge in [-0.2, -0.15) is 18.4 Å². The van der Waals surface area contributed by atoms with Gasteiger partial charge in [-0.05, 0) is 67.9 Å². The van der Waals surface area contributed by atoms with Crippen LogP contribution in [0.5, 0.6) is 11.6 Å². The van der Waals surface area contributed by atoms with Gasteiger partial charge in [0.2, 0.25) is 5.88 Å². The van der Waals surface area contributed by atoms with Crippen molar-refractivity contribution in [2.75, 3.05) is 9.80 Å². The smallest absolute Gasteiger partial charge is 0.421 e. The summed E-state index contributed by atoms with van der Waals surface area (Å²) in [6, 6.07) is 14.5. The first-order valence-corrected chi connectivity index (χ1v) is 11.0. The number of nitrogens with zero attached hydrogens (tertiary/aromatic N) is 5. The minimum Gasteiger partial charge on any atom is -0.439 e. The molecular formula is C24H16F3N5O2S. The van der Waals surface area contributed by atoms with E-state index >= 15 is 0 Å². The molecule has 1 saturated carbocycles. The van der Waals surface area contributed by atoms with Crippen LogP contribution in [0.25, 0.3) is 0 Å². The van der Waals surface area contributed by atoms with Gasteiger partial charge in [-0.3, -0.25) is 9.69 Å². The van der Waals surface area contributed by atoms with Crippen LogP contribution in [-0.4, -0.2) is 26.5 Å². The van der Waals surface area contributed by atoms with Crippen LogP contribution in [0.1, 0.15) is 30.5 Å². The van der Waals surface area contributed by atoms with Crippen LogP contribution in [0, 0.1) is 11.3 Å². The number of halogens is 3. The number of nitriles is 1. The number of thiocarbonyl (C=S) groups is 1. The first kappa shape index (κ1) is 22.7. The molecule has 0 radical (unpaired) electrons. The van der Waals surface area contributed by atoms with Gasteiger partial charge in [0.05, 0.1) is 5.69 Å². The Balaban J connectivity index is 1.54. The number of carbonyl (C=O) groups is 1. The normalized spacial score (nSPS) is 16.9. The summed E-state index contributed by atoms with van der Waals surface area (Å²) in [6.45, 7) is 0. The maximum absolute atomic E-state index is 13.9. The number of benzene rings is 1. The SMILES string of the molecule is N#Cc1nccc(N2C(=O)C3(CCC3)N(c3ccc(Oc4ccccn4)cc3)C2=S)c1C(F)(F)F. The molecule has 1 saturated heterocycles. The number of hydrogen-bond donors (Lipinski definition) is 0. The van der Waals surface area contributed by atoms with Crippen molar-refractivity contribution < 1.29 is 22.7 Å². The number of ether oxygens (including phenoxy) is 1. The highest BCUT2D eigenvalue weighted by Crippen LogP contribution is 2.49. The highest BCUT2D eigenvalue weighted by Gasteiger charge is 2.60. The van der Waals surface area contributed by atoms with Crippen LogP contribution in [0.2, 0.25) is 0 Å². The molecule has 3 heterocycles. The summed E-state index contributed by atoms with van der Waals surface area (Å²) in [7, 11) is 0. The summed E-state index contributed by atoms with van der Waals surface area (Å²) in [5.41, 5.74) is -3.14. The largest absolute Gasteiger partial charge is 0.439 e. The number of carbonyl (C=O) groups excluding carboxylic acids is 1. The molecule has 0 bridgehead atoms. The van der Waals surface area contributed by atoms with Crippen molar-refractivity contribution in [2.24, 2.45) is 0 Å². The van der Waals surface area contributed by atoms with E-state index in [1.54, 1.807) is 53.6 Å². The molecule has 1 aliphatic carbocycles. The van der Waals surface area contributed by atoms with E-state index in [1.807, 2.05) is 0 Å². The number of alkyl halides is 3. The molecule has 0 unspecified atom stereocenters. The van der Waals surface area contributed by atoms with E-state index in [4.69, 9.17) is 17.0 Å². The summed E-state index contributed by atoms with van der Waals surface area (Å²) in [5.74, 6) is 0.345. The van der Waals surface area contributed by atoms with Crippen LogP contribution in [0.4, 0.5) is 24.5 Å². The summed E-state index contributed by atoms with van der Waals surface area (Å²) < 4.78 is 47.5. The molecule has 176 valence electrons. The van der Waals surface area contributed by atoms with Crippen LogP contribution in [-0.2, 0) is 11.0 Å². The molecule has 35 heavy (non-hydrogen) atoms. The summed E-state index contributed by atoms with van der Waals surface area (Å²) >= 11 is 5.57. The molecule has 3 aromatic rings. The summed E-state index contributed by atoms with van der Waals surface area (Å²) in [4.78, 5) is 23.7. The van der Waals surface area contributed by atoms with Gasteiger partial charge >= 0.3 is 6.18 Å². The fourth-order valence-electron chi connectivity index (χ4n) is 4.39. The minimum atomic E-state index is -4.91. The van der Waals surface area contributed by atoms with Gasteiger partial charge in [0.1, 0.15) is 22.9 Å². The van der Waals surface area contributed by atoms with Crippen molar-refractivity contribution in [3.05, 3.63) is 72.2 Å². The van der Waals surface area contributed by atoms with Gasteiger partial charge in [0.15, 0.2) is 10.8 Å². The molecule has 2 aliphatic rings. The number of pyridine rings is 2. The molecule has 2 fully saturated rings. The van der Waals surface area contributed by atoms with Gasteiger partial charge in [-0.15, -0.1) is 0 Å². The fraction of sp³-hybridized carbons (Fsp3) is 0.208. The van der Waals surface area contributed by atoms with Gasteiger partial charge in [-0.25, -0.2) is 9.97 Å². The molecule has 7 nitrogen and oxygen atoms in total. The van der Waals surface area contributed by atoms with Gasteiger partial charge in [0, 0.05) is 24.1 Å². The number of amides is 1. The lowest BCUT2D eigenvalue weighted by atomic mass is 9.75. The van der Waals surface area contributed by atoms with Crippen LogP contribution < -0.4 is 14.5 Å². The Hall–Kier alpha value is -4.04. The molecule has 0 N–H and O–H groups in total. The fourth-order valence-corrected chi connectivity index (χ4v) is 4.85. The maximum Gasteiger partial charge on any atom is 0.421 e. The predicted molar refractivity (Wildman–Crippen MR) is 124 cm³/mol. The maximum atomic E-state index is 13.9. The Morgan fingerprint density at radius 2 is 1.80 bits per heavy atom. The third-order valence-corrected chi connectivity index (χ3v) is 6.47. The van der Waals surface area contributed by atoms with E-state index in [0.29, 0.717) is 30.2 Å². The predicted octanol–water partition coefficient (Wildman–Crippen LogP) is 5.22. The zero-order valence-corrected chi connectivity index (χ0v) is 18.8. The van der Waals surface area contributed by atoms with E-state index in [2.05, 4.69) is 9.97 Å².